The molecular weight excluding hydrogens is 639 g/mol. The quantitative estimate of drug-likeness (QED) is 0.167. The van der Waals surface area contributed by atoms with E-state index in [0.29, 0.717) is 34.9 Å². The largest absolute Gasteiger partial charge is 0.256 e. The number of rotatable bonds is 7. The molecule has 3 heterocycles. The third kappa shape index (κ3) is 6.13. The molecule has 3 aromatic heterocycles. The van der Waals surface area contributed by atoms with Crippen molar-refractivity contribution in [2.45, 2.75) is 0 Å². The molecule has 0 radical (unpaired) electrons. The Labute approximate surface area is 300 Å². The van der Waals surface area contributed by atoms with Crippen molar-refractivity contribution in [2.24, 2.45) is 0 Å². The van der Waals surface area contributed by atoms with Gasteiger partial charge in [-0.1, -0.05) is 127 Å². The van der Waals surface area contributed by atoms with Gasteiger partial charge in [0, 0.05) is 45.0 Å². The first kappa shape index (κ1) is 30.6. The van der Waals surface area contributed by atoms with Crippen LogP contribution in [0.5, 0.6) is 0 Å². The summed E-state index contributed by atoms with van der Waals surface area (Å²) in [5.74, 6) is 3.42. The van der Waals surface area contributed by atoms with Crippen LogP contribution in [-0.4, -0.2) is 34.9 Å². The molecule has 0 unspecified atom stereocenters. The van der Waals surface area contributed by atoms with Crippen LogP contribution in [0.4, 0.5) is 0 Å². The van der Waals surface area contributed by atoms with Gasteiger partial charge in [-0.3, -0.25) is 4.98 Å². The number of hydrogen-bond donors (Lipinski definition) is 0. The van der Waals surface area contributed by atoms with Crippen molar-refractivity contribution in [3.8, 4) is 79.5 Å². The van der Waals surface area contributed by atoms with Crippen molar-refractivity contribution in [1.29, 1.82) is 0 Å². The predicted molar refractivity (Wildman–Crippen MR) is 204 cm³/mol. The average Bonchev–Trinajstić information content (AvgIpc) is 3.24. The molecule has 7 nitrogen and oxygen atoms in total. The number of benzene rings is 5. The number of aromatic nitrogens is 7. The van der Waals surface area contributed by atoms with Crippen LogP contribution in [0.25, 0.3) is 90.4 Å². The molecule has 0 atom stereocenters. The molecule has 9 aromatic rings. The minimum absolute atomic E-state index is 0.549. The monoisotopic (exact) mass is 665 g/mol. The van der Waals surface area contributed by atoms with E-state index in [0.717, 1.165) is 55.4 Å². The summed E-state index contributed by atoms with van der Waals surface area (Å²) >= 11 is 0. The molecule has 0 amide bonds. The molecule has 7 heteroatoms. The van der Waals surface area contributed by atoms with Gasteiger partial charge in [0.05, 0.1) is 5.52 Å². The summed E-state index contributed by atoms with van der Waals surface area (Å²) in [6.07, 6.45) is 1.79. The van der Waals surface area contributed by atoms with Crippen LogP contribution < -0.4 is 0 Å². The van der Waals surface area contributed by atoms with E-state index < -0.39 is 0 Å². The van der Waals surface area contributed by atoms with Crippen LogP contribution in [0.2, 0.25) is 0 Å². The molecule has 0 aliphatic rings. The smallest absolute Gasteiger partial charge is 0.164 e. The van der Waals surface area contributed by atoms with Gasteiger partial charge in [-0.15, -0.1) is 0 Å². The van der Waals surface area contributed by atoms with E-state index in [-0.39, 0.29) is 0 Å². The third-order valence-electron chi connectivity index (χ3n) is 8.73. The van der Waals surface area contributed by atoms with E-state index in [4.69, 9.17) is 29.9 Å². The Morgan fingerprint density at radius 2 is 0.865 bits per heavy atom. The number of fused-ring (bicyclic) bond motifs is 1. The van der Waals surface area contributed by atoms with Crippen LogP contribution >= 0.6 is 0 Å². The van der Waals surface area contributed by atoms with Crippen LogP contribution in [0.15, 0.2) is 164 Å². The van der Waals surface area contributed by atoms with Gasteiger partial charge in [0.15, 0.2) is 34.9 Å². The lowest BCUT2D eigenvalue weighted by molar-refractivity contribution is 1.07. The summed E-state index contributed by atoms with van der Waals surface area (Å²) in [5, 5.41) is 1.02. The van der Waals surface area contributed by atoms with Crippen LogP contribution in [0.3, 0.4) is 0 Å². The van der Waals surface area contributed by atoms with E-state index in [1.807, 2.05) is 133 Å². The Kier molecular flexibility index (Phi) is 7.93. The predicted octanol–water partition coefficient (Wildman–Crippen LogP) is 9.87. The molecule has 52 heavy (non-hydrogen) atoms. The highest BCUT2D eigenvalue weighted by Gasteiger charge is 2.17. The normalized spacial score (nSPS) is 10.9. The van der Waals surface area contributed by atoms with Gasteiger partial charge < -0.3 is 0 Å². The Hall–Kier alpha value is -7.43. The Morgan fingerprint density at radius 1 is 0.346 bits per heavy atom. The van der Waals surface area contributed by atoms with Crippen LogP contribution in [0.1, 0.15) is 0 Å². The van der Waals surface area contributed by atoms with E-state index in [2.05, 4.69) is 41.4 Å². The molecule has 0 saturated heterocycles. The fourth-order valence-electron chi connectivity index (χ4n) is 6.12. The highest BCUT2D eigenvalue weighted by Crippen LogP contribution is 2.33. The second kappa shape index (κ2) is 13.5. The zero-order valence-corrected chi connectivity index (χ0v) is 27.7. The Balaban J connectivity index is 1.14. The SMILES string of the molecule is c1ccc(-c2nc(-c3ccc(-c4nc(-c5ccccc5)nc(-c5ccc6ncccc6c5)n4)cc3)nc(-c3ccccc3-c3ccccc3)n2)cc#1. The third-order valence-corrected chi connectivity index (χ3v) is 8.73. The maximum absolute atomic E-state index is 5.03. The topological polar surface area (TPSA) is 90.2 Å². The van der Waals surface area contributed by atoms with Gasteiger partial charge >= 0.3 is 0 Å². The molecule has 0 aliphatic heterocycles. The number of nitrogens with zero attached hydrogens (tertiary/aromatic N) is 7. The van der Waals surface area contributed by atoms with Gasteiger partial charge in [-0.25, -0.2) is 29.9 Å². The van der Waals surface area contributed by atoms with E-state index in [1.165, 1.54) is 0 Å². The molecule has 0 N–H and O–H groups in total. The molecule has 0 spiro atoms. The Bertz CT molecular complexity index is 2660. The second-order valence-electron chi connectivity index (χ2n) is 12.1. The zero-order chi connectivity index (χ0) is 34.7. The van der Waals surface area contributed by atoms with Crippen LogP contribution in [-0.2, 0) is 0 Å². The van der Waals surface area contributed by atoms with Crippen molar-refractivity contribution >= 4 is 10.9 Å². The minimum atomic E-state index is 0.549. The molecule has 0 fully saturated rings. The first-order valence-corrected chi connectivity index (χ1v) is 16.8. The summed E-state index contributed by atoms with van der Waals surface area (Å²) in [6.45, 7) is 0. The van der Waals surface area contributed by atoms with E-state index in [1.54, 1.807) is 6.20 Å². The summed E-state index contributed by atoms with van der Waals surface area (Å²) < 4.78 is 0. The summed E-state index contributed by atoms with van der Waals surface area (Å²) in [5.41, 5.74) is 8.23. The minimum Gasteiger partial charge on any atom is -0.256 e. The van der Waals surface area contributed by atoms with Gasteiger partial charge in [0.25, 0.3) is 0 Å². The fourth-order valence-corrected chi connectivity index (χ4v) is 6.12. The molecule has 9 rings (SSSR count). The van der Waals surface area contributed by atoms with Crippen molar-refractivity contribution < 1.29 is 0 Å². The molecule has 242 valence electrons. The van der Waals surface area contributed by atoms with Crippen molar-refractivity contribution in [2.75, 3.05) is 0 Å². The lowest BCUT2D eigenvalue weighted by Gasteiger charge is -2.12. The molecule has 0 bridgehead atoms. The van der Waals surface area contributed by atoms with Crippen molar-refractivity contribution in [3.05, 3.63) is 176 Å². The first-order valence-electron chi connectivity index (χ1n) is 16.8. The molecular formula is C45H27N7. The maximum Gasteiger partial charge on any atom is 0.164 e. The number of hydrogen-bond acceptors (Lipinski definition) is 7. The summed E-state index contributed by atoms with van der Waals surface area (Å²) in [4.78, 5) is 34.2. The fraction of sp³-hybridized carbons (Fsp3) is 0. The van der Waals surface area contributed by atoms with Gasteiger partial charge in [-0.05, 0) is 53.6 Å². The summed E-state index contributed by atoms with van der Waals surface area (Å²) in [7, 11) is 0. The zero-order valence-electron chi connectivity index (χ0n) is 27.7. The second-order valence-corrected chi connectivity index (χ2v) is 12.1. The lowest BCUT2D eigenvalue weighted by Crippen LogP contribution is -2.01. The highest BCUT2D eigenvalue weighted by molar-refractivity contribution is 5.84. The first-order chi connectivity index (χ1) is 25.7. The van der Waals surface area contributed by atoms with Crippen molar-refractivity contribution in [3.63, 3.8) is 0 Å². The molecule has 0 aliphatic carbocycles. The number of pyridine rings is 1. The summed E-state index contributed by atoms with van der Waals surface area (Å²) in [6, 6.07) is 58.0. The lowest BCUT2D eigenvalue weighted by atomic mass is 9.99. The average molecular weight is 666 g/mol. The van der Waals surface area contributed by atoms with Crippen LogP contribution in [0, 0.1) is 12.1 Å². The highest BCUT2D eigenvalue weighted by atomic mass is 15.0. The van der Waals surface area contributed by atoms with Gasteiger partial charge in [0.2, 0.25) is 0 Å². The maximum atomic E-state index is 5.03. The standard InChI is InChI=1S/C45H27N7/c1-4-13-30(14-5-1)37-20-10-11-21-38(37)45-51-41(32-17-8-3-9-18-32)48-43(52-45)34-24-22-33(23-25-34)42-47-40(31-15-6-2-7-16-31)49-44(50-42)36-26-27-39-35(29-36)19-12-28-46-39/h1-2,4-8,10-29H. The van der Waals surface area contributed by atoms with E-state index >= 15 is 0 Å². The van der Waals surface area contributed by atoms with Gasteiger partial charge in [0.1, 0.15) is 0 Å². The van der Waals surface area contributed by atoms with E-state index in [9.17, 15) is 0 Å². The molecule has 6 aromatic carbocycles. The molecule has 0 saturated carbocycles. The van der Waals surface area contributed by atoms with Crippen molar-refractivity contribution in [1.82, 2.24) is 34.9 Å². The van der Waals surface area contributed by atoms with Gasteiger partial charge in [-0.2, -0.15) is 0 Å². The Morgan fingerprint density at radius 3 is 1.50 bits per heavy atom.